The summed E-state index contributed by atoms with van der Waals surface area (Å²) in [7, 11) is 1.45. The highest BCUT2D eigenvalue weighted by Gasteiger charge is 2.26. The van der Waals surface area contributed by atoms with Gasteiger partial charge in [0.2, 0.25) is 0 Å². The molecule has 0 heterocycles. The molecule has 0 aromatic carbocycles. The van der Waals surface area contributed by atoms with Crippen molar-refractivity contribution in [2.24, 2.45) is 11.8 Å². The lowest BCUT2D eigenvalue weighted by Gasteiger charge is -2.33. The third-order valence-corrected chi connectivity index (χ3v) is 4.51. The molecule has 2 nitrogen and oxygen atoms in total. The number of methoxy groups -OCH3 is 1. The van der Waals surface area contributed by atoms with Gasteiger partial charge in [-0.15, -0.1) is 0 Å². The fourth-order valence-corrected chi connectivity index (χ4v) is 3.46. The third-order valence-electron chi connectivity index (χ3n) is 4.51. The van der Waals surface area contributed by atoms with Gasteiger partial charge in [-0.3, -0.25) is 0 Å². The maximum atomic E-state index is 11.2. The van der Waals surface area contributed by atoms with Crippen LogP contribution in [0.1, 0.15) is 57.8 Å². The average Bonchev–Trinajstić information content (AvgIpc) is 2.40. The van der Waals surface area contributed by atoms with Gasteiger partial charge in [-0.05, 0) is 37.5 Å². The first kappa shape index (κ1) is 12.7. The van der Waals surface area contributed by atoms with E-state index in [9.17, 15) is 4.79 Å². The molecule has 2 rings (SSSR count). The van der Waals surface area contributed by atoms with E-state index in [0.717, 1.165) is 24.7 Å². The van der Waals surface area contributed by atoms with Gasteiger partial charge in [0.05, 0.1) is 7.11 Å². The van der Waals surface area contributed by atoms with Crippen molar-refractivity contribution in [2.75, 3.05) is 7.11 Å². The average molecular weight is 236 g/mol. The van der Waals surface area contributed by atoms with Gasteiger partial charge >= 0.3 is 5.97 Å². The lowest BCUT2D eigenvalue weighted by atomic mass is 9.72. The van der Waals surface area contributed by atoms with Gasteiger partial charge in [0.15, 0.2) is 0 Å². The highest BCUT2D eigenvalue weighted by molar-refractivity contribution is 5.82. The molecular weight excluding hydrogens is 212 g/mol. The molecule has 0 amide bonds. The lowest BCUT2D eigenvalue weighted by molar-refractivity contribution is -0.134. The summed E-state index contributed by atoms with van der Waals surface area (Å²) in [6.07, 6.45) is 13.7. The summed E-state index contributed by atoms with van der Waals surface area (Å²) in [5, 5.41) is 0. The largest absolute Gasteiger partial charge is 0.466 e. The minimum Gasteiger partial charge on any atom is -0.466 e. The van der Waals surface area contributed by atoms with Gasteiger partial charge in [-0.1, -0.05) is 37.7 Å². The zero-order chi connectivity index (χ0) is 12.1. The van der Waals surface area contributed by atoms with Crippen molar-refractivity contribution in [2.45, 2.75) is 57.8 Å². The maximum Gasteiger partial charge on any atom is 0.330 e. The monoisotopic (exact) mass is 236 g/mol. The number of rotatable bonds is 2. The summed E-state index contributed by atoms with van der Waals surface area (Å²) in [5.74, 6) is 1.71. The Morgan fingerprint density at radius 2 is 1.65 bits per heavy atom. The molecule has 0 aromatic heterocycles. The van der Waals surface area contributed by atoms with Crippen LogP contribution in [0.15, 0.2) is 11.6 Å². The molecule has 2 fully saturated rings. The first-order valence-electron chi connectivity index (χ1n) is 7.07. The molecule has 0 spiro atoms. The smallest absolute Gasteiger partial charge is 0.330 e. The Morgan fingerprint density at radius 1 is 1.06 bits per heavy atom. The van der Waals surface area contributed by atoms with Crippen LogP contribution < -0.4 is 0 Å². The number of hydrogen-bond donors (Lipinski definition) is 0. The van der Waals surface area contributed by atoms with Crippen molar-refractivity contribution in [1.29, 1.82) is 0 Å². The number of carbonyl (C=O) groups excluding carboxylic acids is 1. The second kappa shape index (κ2) is 6.23. The van der Waals surface area contributed by atoms with E-state index in [4.69, 9.17) is 0 Å². The number of ether oxygens (including phenoxy) is 1. The van der Waals surface area contributed by atoms with Crippen LogP contribution in [-0.2, 0) is 9.53 Å². The highest BCUT2D eigenvalue weighted by atomic mass is 16.5. The fourth-order valence-electron chi connectivity index (χ4n) is 3.46. The standard InChI is InChI=1S/C15H24O2/c1-17-15(16)11-12-7-9-14(10-8-12)13-5-3-2-4-6-13/h11,13-14H,2-10H2,1H3. The Kier molecular flexibility index (Phi) is 4.64. The summed E-state index contributed by atoms with van der Waals surface area (Å²) in [5.41, 5.74) is 1.30. The maximum absolute atomic E-state index is 11.2. The molecule has 2 saturated carbocycles. The van der Waals surface area contributed by atoms with Crippen molar-refractivity contribution in [3.05, 3.63) is 11.6 Å². The Hall–Kier alpha value is -0.790. The normalized spacial score (nSPS) is 26.6. The third kappa shape index (κ3) is 3.58. The molecule has 17 heavy (non-hydrogen) atoms. The molecule has 0 saturated heterocycles. The minimum absolute atomic E-state index is 0.184. The number of hydrogen-bond acceptors (Lipinski definition) is 2. The summed E-state index contributed by atoms with van der Waals surface area (Å²) >= 11 is 0. The molecule has 0 atom stereocenters. The van der Waals surface area contributed by atoms with E-state index in [1.54, 1.807) is 6.08 Å². The number of esters is 1. The van der Waals surface area contributed by atoms with Gasteiger partial charge in [0.1, 0.15) is 0 Å². The van der Waals surface area contributed by atoms with Crippen molar-refractivity contribution < 1.29 is 9.53 Å². The molecule has 96 valence electrons. The molecule has 2 aliphatic carbocycles. The van der Waals surface area contributed by atoms with Gasteiger partial charge in [0.25, 0.3) is 0 Å². The lowest BCUT2D eigenvalue weighted by Crippen LogP contribution is -2.21. The fraction of sp³-hybridized carbons (Fsp3) is 0.800. The van der Waals surface area contributed by atoms with Crippen LogP contribution >= 0.6 is 0 Å². The molecule has 0 N–H and O–H groups in total. The van der Waals surface area contributed by atoms with Gasteiger partial charge in [0, 0.05) is 6.08 Å². The molecule has 0 radical (unpaired) electrons. The van der Waals surface area contributed by atoms with E-state index in [1.807, 2.05) is 0 Å². The van der Waals surface area contributed by atoms with Crippen molar-refractivity contribution >= 4 is 5.97 Å². The molecule has 0 aliphatic heterocycles. The van der Waals surface area contributed by atoms with Gasteiger partial charge in [-0.25, -0.2) is 4.79 Å². The number of carbonyl (C=O) groups is 1. The van der Waals surface area contributed by atoms with Crippen LogP contribution in [0.2, 0.25) is 0 Å². The Balaban J connectivity index is 1.81. The predicted molar refractivity (Wildman–Crippen MR) is 68.6 cm³/mol. The molecular formula is C15H24O2. The Morgan fingerprint density at radius 3 is 2.24 bits per heavy atom. The predicted octanol–water partition coefficient (Wildman–Crippen LogP) is 3.86. The van der Waals surface area contributed by atoms with E-state index in [2.05, 4.69) is 4.74 Å². The van der Waals surface area contributed by atoms with Crippen molar-refractivity contribution in [3.8, 4) is 0 Å². The van der Waals surface area contributed by atoms with E-state index in [1.165, 1.54) is 57.6 Å². The number of allylic oxidation sites excluding steroid dienone is 1. The molecule has 2 heteroatoms. The first-order chi connectivity index (χ1) is 8.29. The van der Waals surface area contributed by atoms with Crippen LogP contribution in [0.3, 0.4) is 0 Å². The summed E-state index contributed by atoms with van der Waals surface area (Å²) < 4.78 is 4.68. The molecule has 0 unspecified atom stereocenters. The molecule has 2 aliphatic rings. The van der Waals surface area contributed by atoms with Crippen LogP contribution in [0.4, 0.5) is 0 Å². The van der Waals surface area contributed by atoms with Crippen LogP contribution in [0.25, 0.3) is 0 Å². The Labute approximate surface area is 104 Å². The highest BCUT2D eigenvalue weighted by Crippen LogP contribution is 2.39. The van der Waals surface area contributed by atoms with E-state index >= 15 is 0 Å². The minimum atomic E-state index is -0.184. The zero-order valence-electron chi connectivity index (χ0n) is 10.9. The summed E-state index contributed by atoms with van der Waals surface area (Å²) in [6, 6.07) is 0. The quantitative estimate of drug-likeness (QED) is 0.537. The van der Waals surface area contributed by atoms with Gasteiger partial charge in [-0.2, -0.15) is 0 Å². The van der Waals surface area contributed by atoms with E-state index in [0.29, 0.717) is 0 Å². The van der Waals surface area contributed by atoms with Crippen LogP contribution in [-0.4, -0.2) is 13.1 Å². The molecule has 0 aromatic rings. The van der Waals surface area contributed by atoms with E-state index in [-0.39, 0.29) is 5.97 Å². The summed E-state index contributed by atoms with van der Waals surface area (Å²) in [4.78, 5) is 11.2. The SMILES string of the molecule is COC(=O)C=C1CCC(C2CCCCC2)CC1. The first-order valence-corrected chi connectivity index (χ1v) is 7.07. The second-order valence-corrected chi connectivity index (χ2v) is 5.56. The van der Waals surface area contributed by atoms with Crippen LogP contribution in [0.5, 0.6) is 0 Å². The summed E-state index contributed by atoms with van der Waals surface area (Å²) in [6.45, 7) is 0. The second-order valence-electron chi connectivity index (χ2n) is 5.56. The van der Waals surface area contributed by atoms with E-state index < -0.39 is 0 Å². The topological polar surface area (TPSA) is 26.3 Å². The molecule has 0 bridgehead atoms. The van der Waals surface area contributed by atoms with Gasteiger partial charge < -0.3 is 4.74 Å². The zero-order valence-corrected chi connectivity index (χ0v) is 10.9. The Bertz CT molecular complexity index is 277. The van der Waals surface area contributed by atoms with Crippen molar-refractivity contribution in [1.82, 2.24) is 0 Å². The van der Waals surface area contributed by atoms with Crippen LogP contribution in [0, 0.1) is 11.8 Å². The van der Waals surface area contributed by atoms with Crippen molar-refractivity contribution in [3.63, 3.8) is 0 Å².